The molecule has 0 bridgehead atoms. The Morgan fingerprint density at radius 1 is 1.10 bits per heavy atom. The van der Waals surface area contributed by atoms with Crippen LogP contribution < -0.4 is 0 Å². The lowest BCUT2D eigenvalue weighted by atomic mass is 10.0. The van der Waals surface area contributed by atoms with Crippen molar-refractivity contribution in [2.75, 3.05) is 12.3 Å². The monoisotopic (exact) mass is 421 g/mol. The van der Waals surface area contributed by atoms with Gasteiger partial charge in [0.1, 0.15) is 0 Å². The molecular weight excluding hydrogens is 398 g/mol. The Labute approximate surface area is 179 Å². The van der Waals surface area contributed by atoms with E-state index in [1.807, 2.05) is 12.1 Å². The van der Waals surface area contributed by atoms with Crippen LogP contribution in [-0.2, 0) is 17.8 Å². The summed E-state index contributed by atoms with van der Waals surface area (Å²) in [6.45, 7) is 1.51. The summed E-state index contributed by atoms with van der Waals surface area (Å²) in [5.41, 5.74) is 1.74. The maximum Gasteiger partial charge on any atom is 0.338 e. The second-order valence-electron chi connectivity index (χ2n) is 7.02. The van der Waals surface area contributed by atoms with Gasteiger partial charge in [0.2, 0.25) is 0 Å². The van der Waals surface area contributed by atoms with E-state index in [4.69, 9.17) is 0 Å². The summed E-state index contributed by atoms with van der Waals surface area (Å²) in [7, 11) is 0. The molecule has 0 aliphatic carbocycles. The Bertz CT molecular complexity index is 1050. The van der Waals surface area contributed by atoms with Gasteiger partial charge in [-0.1, -0.05) is 54.6 Å². The van der Waals surface area contributed by atoms with Crippen LogP contribution in [0.25, 0.3) is 10.8 Å². The van der Waals surface area contributed by atoms with E-state index < -0.39 is 5.97 Å². The molecule has 0 unspecified atom stereocenters. The van der Waals surface area contributed by atoms with Crippen molar-refractivity contribution in [3.05, 3.63) is 93.2 Å². The molecule has 1 aliphatic rings. The molecule has 5 heteroatoms. The van der Waals surface area contributed by atoms with Crippen molar-refractivity contribution in [3.8, 4) is 0 Å². The molecule has 29 heavy (non-hydrogen) atoms. The molecule has 3 nitrogen and oxygen atoms in total. The van der Waals surface area contributed by atoms with Gasteiger partial charge in [-0.2, -0.15) is 0 Å². The lowest BCUT2D eigenvalue weighted by Crippen LogP contribution is -2.26. The number of aryl methyl sites for hydroxylation is 1. The fraction of sp³-hybridized carbons (Fsp3) is 0.208. The van der Waals surface area contributed by atoms with Crippen molar-refractivity contribution in [3.63, 3.8) is 0 Å². The van der Waals surface area contributed by atoms with Crippen molar-refractivity contribution < 1.29 is 9.90 Å². The molecule has 0 radical (unpaired) electrons. The first-order chi connectivity index (χ1) is 14.2. The zero-order chi connectivity index (χ0) is 20.1. The van der Waals surface area contributed by atoms with E-state index in [1.165, 1.54) is 21.2 Å². The minimum Gasteiger partial charge on any atom is -0.478 e. The zero-order valence-electron chi connectivity index (χ0n) is 16.1. The third kappa shape index (κ3) is 4.92. The Balaban J connectivity index is 1.40. The topological polar surface area (TPSA) is 40.5 Å². The number of thiophene rings is 1. The number of thioether (sulfide) groups is 1. The van der Waals surface area contributed by atoms with Crippen LogP contribution in [0.1, 0.15) is 16.9 Å². The van der Waals surface area contributed by atoms with Gasteiger partial charge >= 0.3 is 5.97 Å². The molecule has 148 valence electrons. The molecule has 2 heterocycles. The quantitative estimate of drug-likeness (QED) is 0.457. The van der Waals surface area contributed by atoms with Crippen molar-refractivity contribution >= 4 is 39.8 Å². The molecule has 0 amide bonds. The number of carbonyl (C=O) groups is 1. The van der Waals surface area contributed by atoms with Crippen molar-refractivity contribution in [2.45, 2.75) is 19.4 Å². The highest BCUT2D eigenvalue weighted by atomic mass is 32.2. The molecule has 0 saturated carbocycles. The van der Waals surface area contributed by atoms with E-state index in [0.29, 0.717) is 5.57 Å². The van der Waals surface area contributed by atoms with E-state index in [2.05, 4.69) is 58.8 Å². The number of aliphatic carboxylic acids is 1. The first kappa shape index (κ1) is 19.8. The van der Waals surface area contributed by atoms with Gasteiger partial charge < -0.3 is 10.0 Å². The summed E-state index contributed by atoms with van der Waals surface area (Å²) in [4.78, 5) is 15.2. The fourth-order valence-electron chi connectivity index (χ4n) is 3.52. The van der Waals surface area contributed by atoms with Crippen LogP contribution >= 0.6 is 23.1 Å². The number of rotatable bonds is 8. The second kappa shape index (κ2) is 9.33. The Hall–Kier alpha value is -2.50. The van der Waals surface area contributed by atoms with Gasteiger partial charge in [-0.3, -0.25) is 0 Å². The highest BCUT2D eigenvalue weighted by Crippen LogP contribution is 2.31. The third-order valence-corrected chi connectivity index (χ3v) is 7.05. The summed E-state index contributed by atoms with van der Waals surface area (Å²) in [6, 6.07) is 19.2. The zero-order valence-corrected chi connectivity index (χ0v) is 17.7. The molecule has 0 saturated heterocycles. The summed E-state index contributed by atoms with van der Waals surface area (Å²) < 4.78 is 0. The normalized spacial score (nSPS) is 14.0. The summed E-state index contributed by atoms with van der Waals surface area (Å²) in [5, 5.41) is 15.1. The smallest absolute Gasteiger partial charge is 0.338 e. The van der Waals surface area contributed by atoms with Crippen LogP contribution in [0.5, 0.6) is 0 Å². The van der Waals surface area contributed by atoms with E-state index in [1.54, 1.807) is 29.2 Å². The highest BCUT2D eigenvalue weighted by molar-refractivity contribution is 8.03. The Kier molecular flexibility index (Phi) is 6.37. The number of carboxylic acids is 1. The average molecular weight is 422 g/mol. The Morgan fingerprint density at radius 3 is 2.76 bits per heavy atom. The first-order valence-corrected chi connectivity index (χ1v) is 11.6. The van der Waals surface area contributed by atoms with Gasteiger partial charge in [0, 0.05) is 11.4 Å². The molecule has 2 aromatic carbocycles. The molecule has 1 aromatic heterocycles. The van der Waals surface area contributed by atoms with E-state index in [0.717, 1.165) is 36.7 Å². The van der Waals surface area contributed by atoms with E-state index >= 15 is 0 Å². The number of carboxylic acid groups (broad SMARTS) is 1. The minimum atomic E-state index is -0.853. The lowest BCUT2D eigenvalue weighted by Gasteiger charge is -2.29. The molecule has 0 atom stereocenters. The largest absolute Gasteiger partial charge is 0.478 e. The molecule has 1 N–H and O–H groups in total. The van der Waals surface area contributed by atoms with Crippen LogP contribution in [-0.4, -0.2) is 28.3 Å². The molecule has 3 aromatic rings. The molecule has 0 spiro atoms. The number of nitrogens with zero attached hydrogens (tertiary/aromatic N) is 1. The Morgan fingerprint density at radius 2 is 1.97 bits per heavy atom. The van der Waals surface area contributed by atoms with E-state index in [9.17, 15) is 9.90 Å². The van der Waals surface area contributed by atoms with Crippen LogP contribution in [0.4, 0.5) is 0 Å². The highest BCUT2D eigenvalue weighted by Gasteiger charge is 2.21. The van der Waals surface area contributed by atoms with Gasteiger partial charge in [-0.05, 0) is 52.5 Å². The molecule has 1 aliphatic heterocycles. The average Bonchev–Trinajstić information content (AvgIpc) is 3.25. The molecular formula is C24H23NO2S2. The van der Waals surface area contributed by atoms with Gasteiger partial charge in [0.05, 0.1) is 17.1 Å². The van der Waals surface area contributed by atoms with Gasteiger partial charge in [0.15, 0.2) is 0 Å². The number of hydrogen-bond acceptors (Lipinski definition) is 4. The first-order valence-electron chi connectivity index (χ1n) is 9.72. The van der Waals surface area contributed by atoms with Gasteiger partial charge in [-0.25, -0.2) is 4.79 Å². The van der Waals surface area contributed by atoms with Gasteiger partial charge in [0.25, 0.3) is 0 Å². The maximum atomic E-state index is 11.7. The predicted octanol–water partition coefficient (Wildman–Crippen LogP) is 5.94. The van der Waals surface area contributed by atoms with Crippen LogP contribution in [0, 0.1) is 0 Å². The van der Waals surface area contributed by atoms with Crippen molar-refractivity contribution in [1.29, 1.82) is 0 Å². The molecule has 4 rings (SSSR count). The summed E-state index contributed by atoms with van der Waals surface area (Å²) in [5.74, 6) is 0.0439. The maximum absolute atomic E-state index is 11.7. The van der Waals surface area contributed by atoms with Crippen molar-refractivity contribution in [1.82, 2.24) is 4.90 Å². The van der Waals surface area contributed by atoms with Crippen LogP contribution in [0.15, 0.2) is 82.7 Å². The lowest BCUT2D eigenvalue weighted by molar-refractivity contribution is -0.132. The van der Waals surface area contributed by atoms with Gasteiger partial charge in [-0.15, -0.1) is 23.1 Å². The standard InChI is InChI=1S/C24H23NO2S2/c26-24(27)22-10-3-13-25(17-21-9-5-14-28-21)23(22)29-15-4-6-18-11-12-19-7-1-2-8-20(19)16-18/h1-3,5,7-12,14,16H,4,6,13,15,17H2,(H,26,27). The fourth-order valence-corrected chi connectivity index (χ4v) is 5.35. The van der Waals surface area contributed by atoms with Crippen LogP contribution in [0.2, 0.25) is 0 Å². The number of hydrogen-bond donors (Lipinski definition) is 1. The van der Waals surface area contributed by atoms with Crippen LogP contribution in [0.3, 0.4) is 0 Å². The predicted molar refractivity (Wildman–Crippen MR) is 123 cm³/mol. The minimum absolute atomic E-state index is 0.406. The second-order valence-corrected chi connectivity index (χ2v) is 9.14. The SMILES string of the molecule is O=C(O)C1=C(SCCCc2ccc3ccccc3c2)N(Cc2cccs2)CC=C1. The number of fused-ring (bicyclic) bond motifs is 1. The molecule has 0 fully saturated rings. The van der Waals surface area contributed by atoms with Crippen molar-refractivity contribution in [2.24, 2.45) is 0 Å². The summed E-state index contributed by atoms with van der Waals surface area (Å²) >= 11 is 3.37. The third-order valence-electron chi connectivity index (χ3n) is 4.95. The number of benzene rings is 2. The summed E-state index contributed by atoms with van der Waals surface area (Å²) in [6.07, 6.45) is 5.69. The van der Waals surface area contributed by atoms with E-state index in [-0.39, 0.29) is 0 Å².